The normalized spacial score (nSPS) is 16.1. The van der Waals surface area contributed by atoms with E-state index in [0.717, 1.165) is 46.5 Å². The van der Waals surface area contributed by atoms with Crippen LogP contribution < -0.4 is 4.90 Å². The maximum absolute atomic E-state index is 12.7. The Bertz CT molecular complexity index is 1090. The monoisotopic (exact) mass is 417 g/mol. The number of hydrogen-bond acceptors (Lipinski definition) is 6. The predicted octanol–water partition coefficient (Wildman–Crippen LogP) is 4.13. The number of H-pyrrole nitrogens is 1. The molecule has 1 fully saturated rings. The highest BCUT2D eigenvalue weighted by Crippen LogP contribution is 2.37. The second kappa shape index (κ2) is 7.17. The number of thioether (sulfide) groups is 1. The number of aromatic nitrogens is 4. The van der Waals surface area contributed by atoms with E-state index in [1.54, 1.807) is 24.3 Å². The Morgan fingerprint density at radius 3 is 2.28 bits per heavy atom. The Kier molecular flexibility index (Phi) is 4.66. The first-order valence-electron chi connectivity index (χ1n) is 8.12. The number of halogens is 3. The highest BCUT2D eigenvalue weighted by atomic mass is 32.2. The van der Waals surface area contributed by atoms with E-state index in [4.69, 9.17) is 0 Å². The largest absolute Gasteiger partial charge is 0.416 e. The number of amides is 2. The Morgan fingerprint density at radius 2 is 1.69 bits per heavy atom. The van der Waals surface area contributed by atoms with Crippen LogP contribution in [0.4, 0.5) is 23.7 Å². The first-order valence-corrected chi connectivity index (χ1v) is 8.94. The van der Waals surface area contributed by atoms with Crippen molar-refractivity contribution in [1.82, 2.24) is 20.6 Å². The molecule has 1 aliphatic rings. The van der Waals surface area contributed by atoms with Crippen molar-refractivity contribution in [3.8, 4) is 11.4 Å². The quantitative estimate of drug-likeness (QED) is 0.645. The van der Waals surface area contributed by atoms with Crippen LogP contribution in [0.3, 0.4) is 0 Å². The van der Waals surface area contributed by atoms with E-state index in [9.17, 15) is 22.8 Å². The van der Waals surface area contributed by atoms with Gasteiger partial charge in [0.15, 0.2) is 5.82 Å². The van der Waals surface area contributed by atoms with Crippen molar-refractivity contribution in [2.75, 3.05) is 4.90 Å². The van der Waals surface area contributed by atoms with Gasteiger partial charge in [0.1, 0.15) is 0 Å². The van der Waals surface area contributed by atoms with Gasteiger partial charge in [-0.2, -0.15) is 13.2 Å². The molecule has 2 aromatic carbocycles. The van der Waals surface area contributed by atoms with Crippen LogP contribution in [0.15, 0.2) is 53.4 Å². The summed E-state index contributed by atoms with van der Waals surface area (Å²) < 4.78 is 38.1. The average molecular weight is 417 g/mol. The third-order valence-corrected chi connectivity index (χ3v) is 4.94. The summed E-state index contributed by atoms with van der Waals surface area (Å²) in [7, 11) is 0. The van der Waals surface area contributed by atoms with Crippen LogP contribution in [0.2, 0.25) is 0 Å². The van der Waals surface area contributed by atoms with Crippen molar-refractivity contribution in [2.24, 2.45) is 0 Å². The zero-order valence-corrected chi connectivity index (χ0v) is 15.2. The lowest BCUT2D eigenvalue weighted by atomic mass is 10.1. The van der Waals surface area contributed by atoms with E-state index < -0.39 is 22.9 Å². The summed E-state index contributed by atoms with van der Waals surface area (Å²) >= 11 is 0.721. The molecule has 0 radical (unpaired) electrons. The fourth-order valence-electron chi connectivity index (χ4n) is 2.66. The molecule has 1 N–H and O–H groups in total. The van der Waals surface area contributed by atoms with Crippen molar-refractivity contribution < 1.29 is 22.8 Å². The number of nitrogens with one attached hydrogen (secondary N) is 1. The molecule has 1 aliphatic heterocycles. The fraction of sp³-hybridized carbons (Fsp3) is 0.0556. The van der Waals surface area contributed by atoms with Crippen LogP contribution in [0.1, 0.15) is 11.1 Å². The zero-order valence-electron chi connectivity index (χ0n) is 14.3. The van der Waals surface area contributed by atoms with E-state index in [1.807, 2.05) is 0 Å². The lowest BCUT2D eigenvalue weighted by Gasteiger charge is -2.13. The number of carbonyl (C=O) groups excluding carboxylic acids is 2. The molecule has 4 rings (SSSR count). The first-order chi connectivity index (χ1) is 13.8. The number of alkyl halides is 3. The molecule has 0 bridgehead atoms. The summed E-state index contributed by atoms with van der Waals surface area (Å²) in [5.41, 5.74) is 0.632. The number of nitrogens with zero attached hydrogens (tertiary/aromatic N) is 4. The highest BCUT2D eigenvalue weighted by Gasteiger charge is 2.37. The van der Waals surface area contributed by atoms with Crippen LogP contribution in [0.25, 0.3) is 17.5 Å². The molecule has 11 heteroatoms. The van der Waals surface area contributed by atoms with Gasteiger partial charge in [0.25, 0.3) is 11.1 Å². The Morgan fingerprint density at radius 1 is 1.00 bits per heavy atom. The molecule has 1 aromatic heterocycles. The third kappa shape index (κ3) is 3.76. The minimum absolute atomic E-state index is 0.0806. The van der Waals surface area contributed by atoms with Crippen molar-refractivity contribution >= 4 is 34.7 Å². The van der Waals surface area contributed by atoms with Gasteiger partial charge in [-0.25, -0.2) is 10.00 Å². The number of tetrazole rings is 1. The number of hydrogen-bond donors (Lipinski definition) is 1. The van der Waals surface area contributed by atoms with Crippen LogP contribution in [-0.2, 0) is 11.0 Å². The molecule has 3 aromatic rings. The molecule has 7 nitrogen and oxygen atoms in total. The van der Waals surface area contributed by atoms with E-state index in [1.165, 1.54) is 6.08 Å². The van der Waals surface area contributed by atoms with Crippen molar-refractivity contribution in [3.63, 3.8) is 0 Å². The number of benzene rings is 2. The molecular weight excluding hydrogens is 407 g/mol. The molecule has 146 valence electrons. The second-order valence-corrected chi connectivity index (χ2v) is 6.93. The van der Waals surface area contributed by atoms with Gasteiger partial charge in [-0.1, -0.05) is 24.3 Å². The summed E-state index contributed by atoms with van der Waals surface area (Å²) in [4.78, 5) is 25.9. The van der Waals surface area contributed by atoms with Crippen LogP contribution in [0, 0.1) is 0 Å². The SMILES string of the molecule is O=C1S/C(=C\c2ccc(-c3nnn[nH]3)cc2)C(=O)N1c1ccc(C(F)(F)F)cc1. The second-order valence-electron chi connectivity index (χ2n) is 5.93. The van der Waals surface area contributed by atoms with Crippen LogP contribution in [0.5, 0.6) is 0 Å². The standard InChI is InChI=1S/C18H10F3N5O2S/c19-18(20,21)12-5-7-13(8-6-12)26-16(27)14(29-17(26)28)9-10-1-3-11(4-2-10)15-22-24-25-23-15/h1-9H,(H,22,23,24,25)/b14-9-. The maximum Gasteiger partial charge on any atom is 0.416 e. The van der Waals surface area contributed by atoms with Gasteiger partial charge in [-0.15, -0.1) is 5.10 Å². The smallest absolute Gasteiger partial charge is 0.268 e. The van der Waals surface area contributed by atoms with E-state index in [2.05, 4.69) is 20.6 Å². The predicted molar refractivity (Wildman–Crippen MR) is 99.5 cm³/mol. The van der Waals surface area contributed by atoms with Gasteiger partial charge in [-0.3, -0.25) is 9.59 Å². The van der Waals surface area contributed by atoms with Crippen LogP contribution in [-0.4, -0.2) is 31.8 Å². The summed E-state index contributed by atoms with van der Waals surface area (Å²) in [6.07, 6.45) is -2.96. The Hall–Kier alpha value is -3.47. The molecule has 0 saturated carbocycles. The fourth-order valence-corrected chi connectivity index (χ4v) is 3.50. The van der Waals surface area contributed by atoms with Gasteiger partial charge in [0.2, 0.25) is 0 Å². The number of imide groups is 1. The van der Waals surface area contributed by atoms with Gasteiger partial charge >= 0.3 is 6.18 Å². The molecule has 0 aliphatic carbocycles. The molecule has 1 saturated heterocycles. The maximum atomic E-state index is 12.7. The summed E-state index contributed by atoms with van der Waals surface area (Å²) in [6.45, 7) is 0. The van der Waals surface area contributed by atoms with Crippen molar-refractivity contribution in [3.05, 3.63) is 64.6 Å². The Balaban J connectivity index is 1.56. The molecule has 2 amide bonds. The minimum Gasteiger partial charge on any atom is -0.268 e. The third-order valence-electron chi connectivity index (χ3n) is 4.07. The zero-order chi connectivity index (χ0) is 20.6. The number of rotatable bonds is 3. The summed E-state index contributed by atoms with van der Waals surface area (Å²) in [5, 5.41) is 12.8. The topological polar surface area (TPSA) is 91.8 Å². The van der Waals surface area contributed by atoms with E-state index in [0.29, 0.717) is 11.4 Å². The molecule has 0 atom stereocenters. The molecule has 0 spiro atoms. The first kappa shape index (κ1) is 18.9. The van der Waals surface area contributed by atoms with Gasteiger partial charge < -0.3 is 0 Å². The van der Waals surface area contributed by atoms with Crippen molar-refractivity contribution in [1.29, 1.82) is 0 Å². The number of anilines is 1. The molecule has 2 heterocycles. The molecule has 29 heavy (non-hydrogen) atoms. The number of aromatic amines is 1. The average Bonchev–Trinajstić information content (AvgIpc) is 3.31. The van der Waals surface area contributed by atoms with Gasteiger partial charge in [0.05, 0.1) is 16.2 Å². The summed E-state index contributed by atoms with van der Waals surface area (Å²) in [6, 6.07) is 10.8. The Labute approximate surface area is 165 Å². The summed E-state index contributed by atoms with van der Waals surface area (Å²) in [5.74, 6) is -0.109. The highest BCUT2D eigenvalue weighted by molar-refractivity contribution is 8.19. The lowest BCUT2D eigenvalue weighted by Crippen LogP contribution is -2.27. The minimum atomic E-state index is -4.49. The van der Waals surface area contributed by atoms with E-state index >= 15 is 0 Å². The van der Waals surface area contributed by atoms with Gasteiger partial charge in [-0.05, 0) is 58.1 Å². The lowest BCUT2D eigenvalue weighted by molar-refractivity contribution is -0.137. The number of carbonyl (C=O) groups is 2. The molecular formula is C18H10F3N5O2S. The van der Waals surface area contributed by atoms with Gasteiger partial charge in [0, 0.05) is 5.56 Å². The van der Waals surface area contributed by atoms with E-state index in [-0.39, 0.29) is 10.6 Å². The van der Waals surface area contributed by atoms with Crippen molar-refractivity contribution in [2.45, 2.75) is 6.18 Å². The van der Waals surface area contributed by atoms with Crippen LogP contribution >= 0.6 is 11.8 Å². The molecule has 0 unspecified atom stereocenters.